The van der Waals surface area contributed by atoms with Crippen molar-refractivity contribution in [1.29, 1.82) is 0 Å². The van der Waals surface area contributed by atoms with E-state index in [0.29, 0.717) is 6.42 Å². The van der Waals surface area contributed by atoms with Crippen LogP contribution in [0.3, 0.4) is 0 Å². The van der Waals surface area contributed by atoms with Crippen LogP contribution in [0.1, 0.15) is 19.1 Å². The molecule has 0 bridgehead atoms. The van der Waals surface area contributed by atoms with Crippen LogP contribution in [0, 0.1) is 5.92 Å². The van der Waals surface area contributed by atoms with Crippen molar-refractivity contribution in [2.24, 2.45) is 5.92 Å². The van der Waals surface area contributed by atoms with Gasteiger partial charge in [-0.05, 0) is 25.1 Å². The molecule has 0 spiro atoms. The first-order chi connectivity index (χ1) is 9.16. The summed E-state index contributed by atoms with van der Waals surface area (Å²) in [4.78, 5) is 0. The van der Waals surface area contributed by atoms with Gasteiger partial charge in [0.05, 0.1) is 6.26 Å². The van der Waals surface area contributed by atoms with Crippen LogP contribution >= 0.6 is 0 Å². The second kappa shape index (κ2) is 6.51. The van der Waals surface area contributed by atoms with E-state index in [1.165, 1.54) is 18.4 Å². The van der Waals surface area contributed by atoms with Gasteiger partial charge in [0.15, 0.2) is 5.92 Å². The van der Waals surface area contributed by atoms with Crippen LogP contribution in [0.15, 0.2) is 22.8 Å². The largest absolute Gasteiger partial charge is 0.469 e. The van der Waals surface area contributed by atoms with Crippen molar-refractivity contribution in [1.82, 2.24) is 5.32 Å². The Morgan fingerprint density at radius 1 is 1.15 bits per heavy atom. The summed E-state index contributed by atoms with van der Waals surface area (Å²) in [5, 5.41) is 2.32. The molecule has 0 saturated heterocycles. The monoisotopic (exact) mass is 303 g/mol. The SMILES string of the molecule is CCCNC(Cc1ccco1)C(C(F)(F)F)C(F)(F)F. The zero-order valence-electron chi connectivity index (χ0n) is 10.7. The maximum absolute atomic E-state index is 12.7. The number of rotatable bonds is 6. The number of hydrogen-bond acceptors (Lipinski definition) is 2. The first-order valence-corrected chi connectivity index (χ1v) is 6.05. The molecule has 0 amide bonds. The van der Waals surface area contributed by atoms with Crippen molar-refractivity contribution in [3.8, 4) is 0 Å². The third kappa shape index (κ3) is 4.73. The molecule has 1 N–H and O–H groups in total. The Hall–Kier alpha value is -1.18. The van der Waals surface area contributed by atoms with Crippen molar-refractivity contribution in [2.75, 3.05) is 6.54 Å². The number of furan rings is 1. The van der Waals surface area contributed by atoms with Crippen LogP contribution in [-0.2, 0) is 6.42 Å². The molecule has 1 rings (SSSR count). The molecule has 0 aromatic carbocycles. The summed E-state index contributed by atoms with van der Waals surface area (Å²) in [5.41, 5.74) is 0. The molecule has 20 heavy (non-hydrogen) atoms. The van der Waals surface area contributed by atoms with Gasteiger partial charge >= 0.3 is 12.4 Å². The highest BCUT2D eigenvalue weighted by Crippen LogP contribution is 2.42. The molecule has 1 heterocycles. The Bertz CT molecular complexity index is 370. The molecule has 1 unspecified atom stereocenters. The van der Waals surface area contributed by atoms with Crippen molar-refractivity contribution < 1.29 is 30.8 Å². The second-order valence-electron chi connectivity index (χ2n) is 4.41. The van der Waals surface area contributed by atoms with Crippen LogP contribution < -0.4 is 5.32 Å². The second-order valence-corrected chi connectivity index (χ2v) is 4.41. The lowest BCUT2D eigenvalue weighted by atomic mass is 9.94. The van der Waals surface area contributed by atoms with Gasteiger partial charge in [0, 0.05) is 12.5 Å². The number of alkyl halides is 6. The summed E-state index contributed by atoms with van der Waals surface area (Å²) >= 11 is 0. The molecule has 0 aliphatic carbocycles. The summed E-state index contributed by atoms with van der Waals surface area (Å²) in [5.74, 6) is -3.34. The summed E-state index contributed by atoms with van der Waals surface area (Å²) in [6.07, 6.45) is -9.57. The van der Waals surface area contributed by atoms with E-state index in [1.54, 1.807) is 6.92 Å². The summed E-state index contributed by atoms with van der Waals surface area (Å²) in [6.45, 7) is 1.72. The van der Waals surface area contributed by atoms with Crippen LogP contribution in [0.4, 0.5) is 26.3 Å². The lowest BCUT2D eigenvalue weighted by molar-refractivity contribution is -0.291. The first kappa shape index (κ1) is 16.9. The highest BCUT2D eigenvalue weighted by Gasteiger charge is 2.60. The maximum Gasteiger partial charge on any atom is 0.402 e. The van der Waals surface area contributed by atoms with Gasteiger partial charge in [-0.3, -0.25) is 0 Å². The van der Waals surface area contributed by atoms with Crippen LogP contribution in [0.25, 0.3) is 0 Å². The summed E-state index contributed by atoms with van der Waals surface area (Å²) in [6, 6.07) is 0.966. The van der Waals surface area contributed by atoms with Gasteiger partial charge in [0.25, 0.3) is 0 Å². The van der Waals surface area contributed by atoms with Gasteiger partial charge in [0.1, 0.15) is 5.76 Å². The van der Waals surface area contributed by atoms with Crippen LogP contribution in [0.5, 0.6) is 0 Å². The minimum atomic E-state index is -5.36. The topological polar surface area (TPSA) is 25.2 Å². The fourth-order valence-electron chi connectivity index (χ4n) is 1.92. The fourth-order valence-corrected chi connectivity index (χ4v) is 1.92. The van der Waals surface area contributed by atoms with E-state index in [0.717, 1.165) is 0 Å². The number of hydrogen-bond donors (Lipinski definition) is 1. The fraction of sp³-hybridized carbons (Fsp3) is 0.667. The Balaban J connectivity index is 2.98. The van der Waals surface area contributed by atoms with E-state index in [-0.39, 0.29) is 12.3 Å². The van der Waals surface area contributed by atoms with Crippen molar-refractivity contribution >= 4 is 0 Å². The maximum atomic E-state index is 12.7. The molecule has 0 saturated carbocycles. The molecule has 116 valence electrons. The zero-order chi connectivity index (χ0) is 15.4. The number of nitrogens with one attached hydrogen (secondary N) is 1. The van der Waals surface area contributed by atoms with E-state index < -0.39 is 30.7 Å². The van der Waals surface area contributed by atoms with Crippen LogP contribution in [-0.4, -0.2) is 24.9 Å². The Labute approximate surface area is 112 Å². The van der Waals surface area contributed by atoms with Crippen molar-refractivity contribution in [3.63, 3.8) is 0 Å². The normalized spacial score (nSPS) is 14.8. The van der Waals surface area contributed by atoms with E-state index in [2.05, 4.69) is 5.32 Å². The predicted molar refractivity (Wildman–Crippen MR) is 60.1 cm³/mol. The molecule has 0 aliphatic heterocycles. The van der Waals surface area contributed by atoms with E-state index >= 15 is 0 Å². The molecule has 0 radical (unpaired) electrons. The van der Waals surface area contributed by atoms with E-state index in [1.807, 2.05) is 0 Å². The lowest BCUT2D eigenvalue weighted by Gasteiger charge is -2.31. The molecule has 0 fully saturated rings. The Kier molecular flexibility index (Phi) is 5.50. The average Bonchev–Trinajstić information content (AvgIpc) is 2.74. The van der Waals surface area contributed by atoms with Crippen molar-refractivity contribution in [2.45, 2.75) is 38.2 Å². The smallest absolute Gasteiger partial charge is 0.402 e. The highest BCUT2D eigenvalue weighted by atomic mass is 19.4. The highest BCUT2D eigenvalue weighted by molar-refractivity contribution is 5.03. The quantitative estimate of drug-likeness (QED) is 0.806. The van der Waals surface area contributed by atoms with E-state index in [9.17, 15) is 26.3 Å². The van der Waals surface area contributed by atoms with E-state index in [4.69, 9.17) is 4.42 Å². The van der Waals surface area contributed by atoms with Gasteiger partial charge in [0.2, 0.25) is 0 Å². The van der Waals surface area contributed by atoms with Crippen molar-refractivity contribution in [3.05, 3.63) is 24.2 Å². The Morgan fingerprint density at radius 2 is 1.75 bits per heavy atom. The molecule has 1 aromatic rings. The Morgan fingerprint density at radius 3 is 2.15 bits per heavy atom. The minimum Gasteiger partial charge on any atom is -0.469 e. The van der Waals surface area contributed by atoms with Crippen LogP contribution in [0.2, 0.25) is 0 Å². The zero-order valence-corrected chi connectivity index (χ0v) is 10.7. The molecule has 1 atom stereocenters. The molecular weight excluding hydrogens is 288 g/mol. The molecule has 8 heteroatoms. The first-order valence-electron chi connectivity index (χ1n) is 6.05. The molecular formula is C12H15F6NO. The van der Waals surface area contributed by atoms with Gasteiger partial charge in [-0.15, -0.1) is 0 Å². The molecule has 1 aromatic heterocycles. The predicted octanol–water partition coefficient (Wildman–Crippen LogP) is 3.93. The average molecular weight is 303 g/mol. The third-order valence-electron chi connectivity index (χ3n) is 2.77. The summed E-state index contributed by atoms with van der Waals surface area (Å²) < 4.78 is 81.2. The van der Waals surface area contributed by atoms with Gasteiger partial charge in [-0.1, -0.05) is 6.92 Å². The third-order valence-corrected chi connectivity index (χ3v) is 2.77. The van der Waals surface area contributed by atoms with Gasteiger partial charge < -0.3 is 9.73 Å². The molecule has 0 aliphatic rings. The standard InChI is InChI=1S/C12H15F6NO/c1-2-5-19-9(7-8-4-3-6-20-8)10(11(13,14)15)12(16,17)18/h3-4,6,9-10,19H,2,5,7H2,1H3. The molecule has 2 nitrogen and oxygen atoms in total. The van der Waals surface area contributed by atoms with Gasteiger partial charge in [-0.25, -0.2) is 0 Å². The van der Waals surface area contributed by atoms with Gasteiger partial charge in [-0.2, -0.15) is 26.3 Å². The summed E-state index contributed by atoms with van der Waals surface area (Å²) in [7, 11) is 0. The lowest BCUT2D eigenvalue weighted by Crippen LogP contribution is -2.52. The minimum absolute atomic E-state index is 0.0635. The number of halogens is 6.